The summed E-state index contributed by atoms with van der Waals surface area (Å²) in [6, 6.07) is 0. The number of carbonyl (C=O) groups excluding carboxylic acids is 1. The van der Waals surface area contributed by atoms with E-state index in [2.05, 4.69) is 0 Å². The number of amides is 1. The van der Waals surface area contributed by atoms with Gasteiger partial charge in [-0.2, -0.15) is 0 Å². The summed E-state index contributed by atoms with van der Waals surface area (Å²) >= 11 is 0. The first-order valence-corrected chi connectivity index (χ1v) is 10.3. The average molecular weight is 365 g/mol. The SMILES string of the molecule is CCCCS(=O)(=O)N1CCC(C(=O)N(CCOC)CCOC)CC1. The molecule has 0 atom stereocenters. The van der Waals surface area contributed by atoms with E-state index >= 15 is 0 Å². The zero-order chi connectivity index (χ0) is 18.0. The highest BCUT2D eigenvalue weighted by Crippen LogP contribution is 2.22. The Kier molecular flexibility index (Phi) is 9.80. The largest absolute Gasteiger partial charge is 0.383 e. The molecule has 1 aliphatic rings. The Morgan fingerprint density at radius 3 is 2.12 bits per heavy atom. The molecule has 0 aromatic heterocycles. The first-order chi connectivity index (χ1) is 11.5. The third-order valence-corrected chi connectivity index (χ3v) is 6.35. The van der Waals surface area contributed by atoms with Gasteiger partial charge in [-0.3, -0.25) is 4.79 Å². The van der Waals surface area contributed by atoms with Crippen LogP contribution in [0, 0.1) is 5.92 Å². The molecule has 1 aliphatic heterocycles. The van der Waals surface area contributed by atoms with Gasteiger partial charge < -0.3 is 14.4 Å². The fourth-order valence-electron chi connectivity index (χ4n) is 2.83. The fourth-order valence-corrected chi connectivity index (χ4v) is 4.51. The number of hydrogen-bond acceptors (Lipinski definition) is 5. The Morgan fingerprint density at radius 2 is 1.67 bits per heavy atom. The number of unbranched alkanes of at least 4 members (excludes halogenated alkanes) is 1. The predicted molar refractivity (Wildman–Crippen MR) is 93.3 cm³/mol. The molecule has 0 spiro atoms. The molecule has 0 aromatic rings. The zero-order valence-electron chi connectivity index (χ0n) is 15.2. The van der Waals surface area contributed by atoms with Gasteiger partial charge in [0.25, 0.3) is 0 Å². The molecule has 1 saturated heterocycles. The average Bonchev–Trinajstić information content (AvgIpc) is 2.60. The molecule has 0 unspecified atom stereocenters. The predicted octanol–water partition coefficient (Wildman–Crippen LogP) is 0.950. The van der Waals surface area contributed by atoms with Gasteiger partial charge in [0.2, 0.25) is 15.9 Å². The number of sulfonamides is 1. The van der Waals surface area contributed by atoms with Gasteiger partial charge in [-0.15, -0.1) is 0 Å². The third kappa shape index (κ3) is 6.66. The van der Waals surface area contributed by atoms with Crippen molar-refractivity contribution in [3.8, 4) is 0 Å². The van der Waals surface area contributed by atoms with E-state index in [0.717, 1.165) is 6.42 Å². The highest BCUT2D eigenvalue weighted by atomic mass is 32.2. The number of carbonyl (C=O) groups is 1. The minimum atomic E-state index is -3.17. The van der Waals surface area contributed by atoms with Gasteiger partial charge in [0.05, 0.1) is 19.0 Å². The lowest BCUT2D eigenvalue weighted by atomic mass is 9.96. The van der Waals surface area contributed by atoms with Gasteiger partial charge in [-0.1, -0.05) is 13.3 Å². The van der Waals surface area contributed by atoms with Crippen LogP contribution in [0.2, 0.25) is 0 Å². The first kappa shape index (κ1) is 21.3. The van der Waals surface area contributed by atoms with Crippen molar-refractivity contribution in [1.29, 1.82) is 0 Å². The Balaban J connectivity index is 2.56. The Labute approximate surface area is 146 Å². The summed E-state index contributed by atoms with van der Waals surface area (Å²) in [4.78, 5) is 14.4. The summed E-state index contributed by atoms with van der Waals surface area (Å²) in [7, 11) is 0.0447. The molecule has 1 fully saturated rings. The van der Waals surface area contributed by atoms with Crippen LogP contribution in [0.5, 0.6) is 0 Å². The fraction of sp³-hybridized carbons (Fsp3) is 0.938. The standard InChI is InChI=1S/C16H32N2O5S/c1-4-5-14-24(20,21)18-8-6-15(7-9-18)16(19)17(10-12-22-2)11-13-23-3/h15H,4-14H2,1-3H3. The van der Waals surface area contributed by atoms with Crippen molar-refractivity contribution < 1.29 is 22.7 Å². The van der Waals surface area contributed by atoms with Crippen molar-refractivity contribution >= 4 is 15.9 Å². The van der Waals surface area contributed by atoms with E-state index < -0.39 is 10.0 Å². The molecule has 1 heterocycles. The third-order valence-electron chi connectivity index (χ3n) is 4.39. The highest BCUT2D eigenvalue weighted by Gasteiger charge is 2.32. The lowest BCUT2D eigenvalue weighted by Crippen LogP contribution is -2.46. The van der Waals surface area contributed by atoms with Crippen LogP contribution < -0.4 is 0 Å². The van der Waals surface area contributed by atoms with E-state index in [-0.39, 0.29) is 17.6 Å². The molecule has 8 heteroatoms. The van der Waals surface area contributed by atoms with Crippen LogP contribution in [0.3, 0.4) is 0 Å². The lowest BCUT2D eigenvalue weighted by molar-refractivity contribution is -0.138. The van der Waals surface area contributed by atoms with E-state index in [4.69, 9.17) is 9.47 Å². The number of ether oxygens (including phenoxy) is 2. The number of hydrogen-bond donors (Lipinski definition) is 0. The summed E-state index contributed by atoms with van der Waals surface area (Å²) in [6.45, 7) is 4.89. The molecule has 142 valence electrons. The van der Waals surface area contributed by atoms with Gasteiger partial charge in [0.15, 0.2) is 0 Å². The van der Waals surface area contributed by atoms with E-state index in [1.54, 1.807) is 23.4 Å². The van der Waals surface area contributed by atoms with Gasteiger partial charge in [-0.05, 0) is 19.3 Å². The van der Waals surface area contributed by atoms with Crippen molar-refractivity contribution in [2.45, 2.75) is 32.6 Å². The van der Waals surface area contributed by atoms with Crippen LogP contribution in [0.25, 0.3) is 0 Å². The van der Waals surface area contributed by atoms with Crippen LogP contribution in [0.15, 0.2) is 0 Å². The molecule has 24 heavy (non-hydrogen) atoms. The maximum Gasteiger partial charge on any atom is 0.225 e. The smallest absolute Gasteiger partial charge is 0.225 e. The number of methoxy groups -OCH3 is 2. The molecule has 0 saturated carbocycles. The summed E-state index contributed by atoms with van der Waals surface area (Å²) in [5, 5.41) is 0. The molecular weight excluding hydrogens is 332 g/mol. The van der Waals surface area contributed by atoms with Crippen molar-refractivity contribution in [3.05, 3.63) is 0 Å². The van der Waals surface area contributed by atoms with Crippen molar-refractivity contribution in [1.82, 2.24) is 9.21 Å². The highest BCUT2D eigenvalue weighted by molar-refractivity contribution is 7.89. The van der Waals surface area contributed by atoms with Gasteiger partial charge in [0, 0.05) is 46.3 Å². The lowest BCUT2D eigenvalue weighted by Gasteiger charge is -2.33. The maximum absolute atomic E-state index is 12.7. The molecule has 0 aliphatic carbocycles. The van der Waals surface area contributed by atoms with Crippen LogP contribution in [0.1, 0.15) is 32.6 Å². The molecule has 0 aromatic carbocycles. The topological polar surface area (TPSA) is 76.2 Å². The maximum atomic E-state index is 12.7. The minimum Gasteiger partial charge on any atom is -0.383 e. The van der Waals surface area contributed by atoms with Crippen LogP contribution >= 0.6 is 0 Å². The molecule has 1 rings (SSSR count). The van der Waals surface area contributed by atoms with Crippen molar-refractivity contribution in [2.75, 3.05) is 59.4 Å². The van der Waals surface area contributed by atoms with Crippen molar-refractivity contribution in [2.24, 2.45) is 5.92 Å². The molecular formula is C16H32N2O5S. The monoisotopic (exact) mass is 364 g/mol. The molecule has 0 bridgehead atoms. The minimum absolute atomic E-state index is 0.0784. The van der Waals surface area contributed by atoms with Crippen LogP contribution in [0.4, 0.5) is 0 Å². The van der Waals surface area contributed by atoms with Gasteiger partial charge in [-0.25, -0.2) is 12.7 Å². The second-order valence-electron chi connectivity index (χ2n) is 6.15. The summed E-state index contributed by atoms with van der Waals surface area (Å²) < 4.78 is 36.1. The first-order valence-electron chi connectivity index (χ1n) is 8.70. The van der Waals surface area contributed by atoms with E-state index in [9.17, 15) is 13.2 Å². The van der Waals surface area contributed by atoms with Crippen LogP contribution in [-0.4, -0.2) is 82.9 Å². The second kappa shape index (κ2) is 11.0. The van der Waals surface area contributed by atoms with Crippen LogP contribution in [-0.2, 0) is 24.3 Å². The van der Waals surface area contributed by atoms with Gasteiger partial charge >= 0.3 is 0 Å². The number of piperidine rings is 1. The molecule has 0 radical (unpaired) electrons. The number of nitrogens with zero attached hydrogens (tertiary/aromatic N) is 2. The van der Waals surface area contributed by atoms with E-state index in [1.807, 2.05) is 6.92 Å². The van der Waals surface area contributed by atoms with Gasteiger partial charge in [0.1, 0.15) is 0 Å². The van der Waals surface area contributed by atoms with E-state index in [0.29, 0.717) is 58.7 Å². The normalized spacial score (nSPS) is 17.1. The molecule has 0 N–H and O–H groups in total. The Hall–Kier alpha value is -0.700. The van der Waals surface area contributed by atoms with E-state index in [1.165, 1.54) is 0 Å². The second-order valence-corrected chi connectivity index (χ2v) is 8.24. The number of rotatable bonds is 11. The zero-order valence-corrected chi connectivity index (χ0v) is 16.0. The molecule has 1 amide bonds. The summed E-state index contributed by atoms with van der Waals surface area (Å²) in [5.74, 6) is 0.168. The Bertz CT molecular complexity index is 453. The Morgan fingerprint density at radius 1 is 1.12 bits per heavy atom. The summed E-state index contributed by atoms with van der Waals surface area (Å²) in [6.07, 6.45) is 2.71. The molecule has 7 nitrogen and oxygen atoms in total. The summed E-state index contributed by atoms with van der Waals surface area (Å²) in [5.41, 5.74) is 0. The van der Waals surface area contributed by atoms with Crippen molar-refractivity contribution in [3.63, 3.8) is 0 Å². The quantitative estimate of drug-likeness (QED) is 0.546.